The number of nitrogens with one attached hydrogen (secondary N) is 1. The van der Waals surface area contributed by atoms with Crippen LogP contribution < -0.4 is 10.4 Å². The summed E-state index contributed by atoms with van der Waals surface area (Å²) in [4.78, 5) is 22.2. The second kappa shape index (κ2) is 5.30. The predicted molar refractivity (Wildman–Crippen MR) is 58.9 cm³/mol. The zero-order valence-corrected chi connectivity index (χ0v) is 9.32. The van der Waals surface area contributed by atoms with Crippen molar-refractivity contribution < 1.29 is 14.7 Å². The van der Waals surface area contributed by atoms with Gasteiger partial charge >= 0.3 is 0 Å². The van der Waals surface area contributed by atoms with Crippen molar-refractivity contribution in [3.8, 4) is 0 Å². The molecule has 0 radical (unpaired) electrons. The highest BCUT2D eigenvalue weighted by molar-refractivity contribution is 5.94. The summed E-state index contributed by atoms with van der Waals surface area (Å²) in [6.07, 6.45) is 0.742. The van der Waals surface area contributed by atoms with Gasteiger partial charge in [-0.3, -0.25) is 4.79 Å². The molecular weight excluding hydrogens is 206 g/mol. The van der Waals surface area contributed by atoms with E-state index in [1.54, 1.807) is 12.1 Å². The highest BCUT2D eigenvalue weighted by Gasteiger charge is 2.10. The van der Waals surface area contributed by atoms with Gasteiger partial charge in [0.25, 0.3) is 0 Å². The molecule has 0 aromatic heterocycles. The van der Waals surface area contributed by atoms with Gasteiger partial charge in [-0.2, -0.15) is 0 Å². The molecule has 0 aliphatic carbocycles. The van der Waals surface area contributed by atoms with E-state index in [-0.39, 0.29) is 17.4 Å². The van der Waals surface area contributed by atoms with Crippen LogP contribution in [0.5, 0.6) is 0 Å². The first-order chi connectivity index (χ1) is 7.54. The Labute approximate surface area is 94.3 Å². The van der Waals surface area contributed by atoms with Crippen molar-refractivity contribution in [2.45, 2.75) is 20.3 Å². The number of hydrogen-bond acceptors (Lipinski definition) is 3. The van der Waals surface area contributed by atoms with Gasteiger partial charge in [-0.05, 0) is 24.1 Å². The van der Waals surface area contributed by atoms with E-state index in [1.165, 1.54) is 12.1 Å². The Morgan fingerprint density at radius 3 is 2.69 bits per heavy atom. The van der Waals surface area contributed by atoms with Crippen LogP contribution in [0.15, 0.2) is 24.3 Å². The second-order valence-corrected chi connectivity index (χ2v) is 3.67. The van der Waals surface area contributed by atoms with Gasteiger partial charge in [0.2, 0.25) is 5.91 Å². The zero-order valence-electron chi connectivity index (χ0n) is 9.32. The Morgan fingerprint density at radius 1 is 1.44 bits per heavy atom. The fourth-order valence-electron chi connectivity index (χ4n) is 1.17. The van der Waals surface area contributed by atoms with Gasteiger partial charge in [-0.25, -0.2) is 0 Å². The van der Waals surface area contributed by atoms with Gasteiger partial charge in [0.15, 0.2) is 0 Å². The maximum absolute atomic E-state index is 11.6. The fraction of sp³-hybridized carbons (Fsp3) is 0.333. The lowest BCUT2D eigenvalue weighted by Crippen LogP contribution is -2.23. The molecule has 86 valence electrons. The molecule has 0 unspecified atom stereocenters. The topological polar surface area (TPSA) is 69.2 Å². The van der Waals surface area contributed by atoms with Crippen molar-refractivity contribution in [2.75, 3.05) is 5.32 Å². The Morgan fingerprint density at radius 2 is 2.12 bits per heavy atom. The van der Waals surface area contributed by atoms with Crippen LogP contribution in [0.3, 0.4) is 0 Å². The van der Waals surface area contributed by atoms with Crippen LogP contribution in [-0.2, 0) is 4.79 Å². The molecule has 0 saturated carbocycles. The van der Waals surface area contributed by atoms with Crippen LogP contribution in [0.1, 0.15) is 30.6 Å². The Bertz CT molecular complexity index is 401. The van der Waals surface area contributed by atoms with Gasteiger partial charge < -0.3 is 15.2 Å². The molecule has 1 aromatic carbocycles. The van der Waals surface area contributed by atoms with Crippen molar-refractivity contribution in [2.24, 2.45) is 5.92 Å². The number of carbonyl (C=O) groups excluding carboxylic acids is 2. The summed E-state index contributed by atoms with van der Waals surface area (Å²) >= 11 is 0. The third kappa shape index (κ3) is 3.08. The Kier molecular flexibility index (Phi) is 4.05. The fourth-order valence-corrected chi connectivity index (χ4v) is 1.17. The van der Waals surface area contributed by atoms with E-state index >= 15 is 0 Å². The summed E-state index contributed by atoms with van der Waals surface area (Å²) < 4.78 is 0. The minimum absolute atomic E-state index is 0.0574. The second-order valence-electron chi connectivity index (χ2n) is 3.67. The normalized spacial score (nSPS) is 11.9. The monoisotopic (exact) mass is 220 g/mol. The third-order valence-corrected chi connectivity index (χ3v) is 2.43. The van der Waals surface area contributed by atoms with Crippen molar-refractivity contribution in [1.82, 2.24) is 0 Å². The van der Waals surface area contributed by atoms with E-state index in [0.29, 0.717) is 5.69 Å². The zero-order chi connectivity index (χ0) is 12.1. The smallest absolute Gasteiger partial charge is 0.227 e. The SMILES string of the molecule is CC[C@H](C)C(=O)Nc1cccc(C(=O)[O-])c1. The number of aromatic carboxylic acids is 1. The number of hydrogen-bond donors (Lipinski definition) is 1. The van der Waals surface area contributed by atoms with Crippen molar-refractivity contribution in [3.05, 3.63) is 29.8 Å². The lowest BCUT2D eigenvalue weighted by Gasteiger charge is -2.11. The van der Waals surface area contributed by atoms with E-state index in [0.717, 1.165) is 6.42 Å². The molecule has 1 aromatic rings. The predicted octanol–water partition coefficient (Wildman–Crippen LogP) is 1.03. The van der Waals surface area contributed by atoms with Crippen LogP contribution in [0.4, 0.5) is 5.69 Å². The molecule has 4 heteroatoms. The van der Waals surface area contributed by atoms with E-state index in [2.05, 4.69) is 5.32 Å². The summed E-state index contributed by atoms with van der Waals surface area (Å²) in [5, 5.41) is 13.3. The molecule has 4 nitrogen and oxygen atoms in total. The first-order valence-electron chi connectivity index (χ1n) is 5.17. The highest BCUT2D eigenvalue weighted by Crippen LogP contribution is 2.12. The molecule has 16 heavy (non-hydrogen) atoms. The molecule has 0 bridgehead atoms. The molecule has 0 heterocycles. The molecule has 0 fully saturated rings. The van der Waals surface area contributed by atoms with Gasteiger partial charge in [-0.15, -0.1) is 0 Å². The molecule has 0 aliphatic heterocycles. The van der Waals surface area contributed by atoms with Crippen LogP contribution in [0.25, 0.3) is 0 Å². The van der Waals surface area contributed by atoms with E-state index in [1.807, 2.05) is 13.8 Å². The number of carbonyl (C=O) groups is 2. The number of benzene rings is 1. The molecule has 0 saturated heterocycles. The van der Waals surface area contributed by atoms with Gasteiger partial charge in [0.05, 0.1) is 5.97 Å². The number of carboxylic acids is 1. The summed E-state index contributed by atoms with van der Waals surface area (Å²) in [6.45, 7) is 3.74. The van der Waals surface area contributed by atoms with E-state index in [4.69, 9.17) is 0 Å². The van der Waals surface area contributed by atoms with Crippen LogP contribution in [-0.4, -0.2) is 11.9 Å². The van der Waals surface area contributed by atoms with Crippen LogP contribution >= 0.6 is 0 Å². The number of rotatable bonds is 4. The lowest BCUT2D eigenvalue weighted by atomic mass is 10.1. The third-order valence-electron chi connectivity index (χ3n) is 2.43. The average molecular weight is 220 g/mol. The van der Waals surface area contributed by atoms with Crippen LogP contribution in [0, 0.1) is 5.92 Å². The first-order valence-corrected chi connectivity index (χ1v) is 5.17. The quantitative estimate of drug-likeness (QED) is 0.824. The largest absolute Gasteiger partial charge is 0.545 e. The van der Waals surface area contributed by atoms with Gasteiger partial charge in [0.1, 0.15) is 0 Å². The van der Waals surface area contributed by atoms with Gasteiger partial charge in [-0.1, -0.05) is 26.0 Å². The highest BCUT2D eigenvalue weighted by atomic mass is 16.4. The molecular formula is C12H14NO3-. The van der Waals surface area contributed by atoms with E-state index < -0.39 is 5.97 Å². The Hall–Kier alpha value is -1.84. The van der Waals surface area contributed by atoms with Crippen molar-refractivity contribution in [3.63, 3.8) is 0 Å². The maximum Gasteiger partial charge on any atom is 0.227 e. The minimum Gasteiger partial charge on any atom is -0.545 e. The number of amides is 1. The van der Waals surface area contributed by atoms with E-state index in [9.17, 15) is 14.7 Å². The molecule has 1 rings (SSSR count). The Balaban J connectivity index is 2.78. The molecule has 1 N–H and O–H groups in total. The molecule has 1 amide bonds. The van der Waals surface area contributed by atoms with Crippen LogP contribution in [0.2, 0.25) is 0 Å². The van der Waals surface area contributed by atoms with Crippen molar-refractivity contribution in [1.29, 1.82) is 0 Å². The number of carboxylic acid groups (broad SMARTS) is 1. The molecule has 0 aliphatic rings. The maximum atomic E-state index is 11.6. The molecule has 1 atom stereocenters. The lowest BCUT2D eigenvalue weighted by molar-refractivity contribution is -0.255. The summed E-state index contributed by atoms with van der Waals surface area (Å²) in [5.74, 6) is -1.45. The summed E-state index contributed by atoms with van der Waals surface area (Å²) in [6, 6.07) is 6.02. The summed E-state index contributed by atoms with van der Waals surface area (Å²) in [7, 11) is 0. The average Bonchev–Trinajstić information content (AvgIpc) is 2.28. The minimum atomic E-state index is -1.25. The van der Waals surface area contributed by atoms with Gasteiger partial charge in [0, 0.05) is 11.6 Å². The van der Waals surface area contributed by atoms with Crippen molar-refractivity contribution >= 4 is 17.6 Å². The summed E-state index contributed by atoms with van der Waals surface area (Å²) in [5.41, 5.74) is 0.536. The standard InChI is InChI=1S/C12H15NO3/c1-3-8(2)11(14)13-10-6-4-5-9(7-10)12(15)16/h4-8H,3H2,1-2H3,(H,13,14)(H,15,16)/p-1/t8-/m0/s1. The number of anilines is 1. The first kappa shape index (κ1) is 12.2. The molecule has 0 spiro atoms.